The van der Waals surface area contributed by atoms with Gasteiger partial charge in [0, 0.05) is 12.6 Å². The van der Waals surface area contributed by atoms with Gasteiger partial charge in [-0.3, -0.25) is 0 Å². The molecule has 17 heavy (non-hydrogen) atoms. The van der Waals surface area contributed by atoms with Crippen LogP contribution in [0.3, 0.4) is 0 Å². The molecule has 0 aromatic carbocycles. The van der Waals surface area contributed by atoms with Crippen LogP contribution in [0.5, 0.6) is 5.88 Å². The molecule has 1 aromatic rings. The molecule has 0 spiro atoms. The molecule has 0 saturated heterocycles. The fraction of sp³-hybridized carbons (Fsp3) is 0.692. The van der Waals surface area contributed by atoms with Gasteiger partial charge in [0.15, 0.2) is 0 Å². The van der Waals surface area contributed by atoms with Crippen LogP contribution in [-0.4, -0.2) is 23.1 Å². The van der Waals surface area contributed by atoms with E-state index < -0.39 is 0 Å². The average Bonchev–Trinajstić information content (AvgIpc) is 3.07. The Hall–Kier alpha value is -1.32. The smallest absolute Gasteiger partial charge is 0.218 e. The maximum atomic E-state index is 5.41. The summed E-state index contributed by atoms with van der Waals surface area (Å²) >= 11 is 0. The number of aromatic nitrogens is 2. The summed E-state index contributed by atoms with van der Waals surface area (Å²) in [5.41, 5.74) is 0.518. The number of nitrogens with zero attached hydrogens (tertiary/aromatic N) is 2. The van der Waals surface area contributed by atoms with E-state index in [1.807, 2.05) is 19.9 Å². The van der Waals surface area contributed by atoms with Gasteiger partial charge in [-0.15, -0.1) is 0 Å². The molecule has 1 aliphatic rings. The lowest BCUT2D eigenvalue weighted by Crippen LogP contribution is -2.15. The molecule has 2 rings (SSSR count). The predicted molar refractivity (Wildman–Crippen MR) is 68.4 cm³/mol. The molecule has 0 radical (unpaired) electrons. The van der Waals surface area contributed by atoms with Crippen LogP contribution in [0.2, 0.25) is 0 Å². The van der Waals surface area contributed by atoms with Gasteiger partial charge in [0.25, 0.3) is 0 Å². The third kappa shape index (κ3) is 3.08. The van der Waals surface area contributed by atoms with Crippen molar-refractivity contribution in [3.63, 3.8) is 0 Å². The van der Waals surface area contributed by atoms with Crippen molar-refractivity contribution in [2.24, 2.45) is 5.41 Å². The number of hydrogen-bond donors (Lipinski definition) is 1. The van der Waals surface area contributed by atoms with Gasteiger partial charge < -0.3 is 10.1 Å². The van der Waals surface area contributed by atoms with Crippen LogP contribution in [0.25, 0.3) is 0 Å². The first kappa shape index (κ1) is 12.1. The average molecular weight is 235 g/mol. The summed E-state index contributed by atoms with van der Waals surface area (Å²) in [6.45, 7) is 7.74. The topological polar surface area (TPSA) is 47.0 Å². The van der Waals surface area contributed by atoms with E-state index >= 15 is 0 Å². The summed E-state index contributed by atoms with van der Waals surface area (Å²) in [5, 5.41) is 3.41. The Morgan fingerprint density at radius 1 is 1.35 bits per heavy atom. The van der Waals surface area contributed by atoms with Crippen molar-refractivity contribution in [1.29, 1.82) is 0 Å². The van der Waals surface area contributed by atoms with Crippen LogP contribution in [0, 0.1) is 12.3 Å². The molecular formula is C13H21N3O. The molecule has 4 nitrogen and oxygen atoms in total. The Morgan fingerprint density at radius 2 is 2.12 bits per heavy atom. The van der Waals surface area contributed by atoms with E-state index in [2.05, 4.69) is 22.2 Å². The quantitative estimate of drug-likeness (QED) is 0.823. The second-order valence-electron chi connectivity index (χ2n) is 4.78. The first-order chi connectivity index (χ1) is 8.17. The second-order valence-corrected chi connectivity index (χ2v) is 4.78. The third-order valence-corrected chi connectivity index (χ3v) is 3.46. The summed E-state index contributed by atoms with van der Waals surface area (Å²) in [5.74, 6) is 2.28. The molecule has 0 aliphatic heterocycles. The number of rotatable bonds is 6. The standard InChI is InChI=1S/C13H21N3O/c1-4-13(6-7-13)9-14-11-8-12(17-5-2)16-10(3)15-11/h8H,4-7,9H2,1-3H3,(H,14,15,16). The number of hydrogen-bond acceptors (Lipinski definition) is 4. The number of aryl methyl sites for hydroxylation is 1. The highest BCUT2D eigenvalue weighted by Crippen LogP contribution is 2.48. The molecule has 0 amide bonds. The van der Waals surface area contributed by atoms with Crippen molar-refractivity contribution in [3.05, 3.63) is 11.9 Å². The minimum Gasteiger partial charge on any atom is -0.478 e. The summed E-state index contributed by atoms with van der Waals surface area (Å²) in [7, 11) is 0. The maximum absolute atomic E-state index is 5.41. The van der Waals surface area contributed by atoms with E-state index in [0.29, 0.717) is 17.9 Å². The Labute approximate surface area is 103 Å². The van der Waals surface area contributed by atoms with Gasteiger partial charge in [0.1, 0.15) is 11.6 Å². The highest BCUT2D eigenvalue weighted by molar-refractivity contribution is 5.39. The summed E-state index contributed by atoms with van der Waals surface area (Å²) in [4.78, 5) is 8.61. The number of nitrogens with one attached hydrogen (secondary N) is 1. The van der Waals surface area contributed by atoms with E-state index in [0.717, 1.165) is 18.2 Å². The van der Waals surface area contributed by atoms with Gasteiger partial charge in [-0.25, -0.2) is 4.98 Å². The van der Waals surface area contributed by atoms with E-state index in [4.69, 9.17) is 4.74 Å². The maximum Gasteiger partial charge on any atom is 0.218 e. The highest BCUT2D eigenvalue weighted by atomic mass is 16.5. The molecule has 1 fully saturated rings. The zero-order valence-electron chi connectivity index (χ0n) is 10.9. The van der Waals surface area contributed by atoms with Crippen LogP contribution >= 0.6 is 0 Å². The normalized spacial score (nSPS) is 16.6. The van der Waals surface area contributed by atoms with Crippen molar-refractivity contribution < 1.29 is 4.74 Å². The second kappa shape index (κ2) is 4.90. The van der Waals surface area contributed by atoms with Crippen molar-refractivity contribution in [1.82, 2.24) is 9.97 Å². The molecular weight excluding hydrogens is 214 g/mol. The molecule has 0 unspecified atom stereocenters. The first-order valence-electron chi connectivity index (χ1n) is 6.40. The molecule has 1 aromatic heterocycles. The highest BCUT2D eigenvalue weighted by Gasteiger charge is 2.40. The van der Waals surface area contributed by atoms with Gasteiger partial charge >= 0.3 is 0 Å². The molecule has 1 N–H and O–H groups in total. The summed E-state index contributed by atoms with van der Waals surface area (Å²) in [6.07, 6.45) is 3.90. The predicted octanol–water partition coefficient (Wildman–Crippen LogP) is 2.79. The minimum atomic E-state index is 0.518. The molecule has 0 bridgehead atoms. The zero-order chi connectivity index (χ0) is 12.3. The molecule has 4 heteroatoms. The van der Waals surface area contributed by atoms with Crippen LogP contribution < -0.4 is 10.1 Å². The molecule has 1 heterocycles. The van der Waals surface area contributed by atoms with E-state index in [9.17, 15) is 0 Å². The lowest BCUT2D eigenvalue weighted by Gasteiger charge is -2.14. The van der Waals surface area contributed by atoms with Crippen molar-refractivity contribution in [2.45, 2.75) is 40.0 Å². The monoisotopic (exact) mass is 235 g/mol. The minimum absolute atomic E-state index is 0.518. The zero-order valence-corrected chi connectivity index (χ0v) is 10.9. The Kier molecular flexibility index (Phi) is 3.50. The first-order valence-corrected chi connectivity index (χ1v) is 6.40. The van der Waals surface area contributed by atoms with Crippen LogP contribution in [0.1, 0.15) is 38.9 Å². The fourth-order valence-corrected chi connectivity index (χ4v) is 1.96. The fourth-order valence-electron chi connectivity index (χ4n) is 1.96. The Bertz CT molecular complexity index is 388. The molecule has 0 atom stereocenters. The van der Waals surface area contributed by atoms with Crippen molar-refractivity contribution in [3.8, 4) is 5.88 Å². The summed E-state index contributed by atoms with van der Waals surface area (Å²) < 4.78 is 5.41. The number of anilines is 1. The lowest BCUT2D eigenvalue weighted by atomic mass is 10.0. The summed E-state index contributed by atoms with van der Waals surface area (Å²) in [6, 6.07) is 1.88. The largest absolute Gasteiger partial charge is 0.478 e. The molecule has 1 aliphatic carbocycles. The Balaban J connectivity index is 2.00. The third-order valence-electron chi connectivity index (χ3n) is 3.46. The van der Waals surface area contributed by atoms with Gasteiger partial charge in [-0.2, -0.15) is 4.98 Å². The van der Waals surface area contributed by atoms with E-state index in [-0.39, 0.29) is 0 Å². The number of ether oxygens (including phenoxy) is 1. The van der Waals surface area contributed by atoms with Gasteiger partial charge in [0.2, 0.25) is 5.88 Å². The van der Waals surface area contributed by atoms with Gasteiger partial charge in [-0.1, -0.05) is 6.92 Å². The van der Waals surface area contributed by atoms with Crippen LogP contribution in [0.4, 0.5) is 5.82 Å². The molecule has 94 valence electrons. The Morgan fingerprint density at radius 3 is 2.71 bits per heavy atom. The van der Waals surface area contributed by atoms with Crippen molar-refractivity contribution >= 4 is 5.82 Å². The van der Waals surface area contributed by atoms with Gasteiger partial charge in [0.05, 0.1) is 6.61 Å². The van der Waals surface area contributed by atoms with Crippen LogP contribution in [0.15, 0.2) is 6.07 Å². The van der Waals surface area contributed by atoms with E-state index in [1.165, 1.54) is 19.3 Å². The molecule has 1 saturated carbocycles. The lowest BCUT2D eigenvalue weighted by molar-refractivity contribution is 0.325. The van der Waals surface area contributed by atoms with Crippen LogP contribution in [-0.2, 0) is 0 Å². The van der Waals surface area contributed by atoms with E-state index in [1.54, 1.807) is 0 Å². The van der Waals surface area contributed by atoms with Crippen molar-refractivity contribution in [2.75, 3.05) is 18.5 Å². The SMILES string of the molecule is CCOc1cc(NCC2(CC)CC2)nc(C)n1. The van der Waals surface area contributed by atoms with Gasteiger partial charge in [-0.05, 0) is 38.5 Å².